The van der Waals surface area contributed by atoms with Crippen LogP contribution in [0.25, 0.3) is 0 Å². The lowest BCUT2D eigenvalue weighted by Crippen LogP contribution is -2.51. The smallest absolute Gasteiger partial charge is 0.227 e. The van der Waals surface area contributed by atoms with Gasteiger partial charge in [-0.3, -0.25) is 4.79 Å². The minimum Gasteiger partial charge on any atom is -0.374 e. The first-order valence-electron chi connectivity index (χ1n) is 7.47. The average molecular weight is 274 g/mol. The Morgan fingerprint density at radius 3 is 2.90 bits per heavy atom. The van der Waals surface area contributed by atoms with Crippen LogP contribution in [-0.2, 0) is 22.5 Å². The molecule has 0 bridgehead atoms. The number of morpholine rings is 1. The van der Waals surface area contributed by atoms with E-state index in [0.29, 0.717) is 25.6 Å². The van der Waals surface area contributed by atoms with Gasteiger partial charge in [0.15, 0.2) is 0 Å². The van der Waals surface area contributed by atoms with Gasteiger partial charge in [0.1, 0.15) is 0 Å². The van der Waals surface area contributed by atoms with Gasteiger partial charge in [-0.25, -0.2) is 0 Å². The first kappa shape index (κ1) is 13.6. The molecule has 108 valence electrons. The Labute approximate surface area is 119 Å². The molecule has 1 heterocycles. The molecular weight excluding hydrogens is 252 g/mol. The van der Waals surface area contributed by atoms with E-state index in [-0.39, 0.29) is 12.0 Å². The first-order valence-corrected chi connectivity index (χ1v) is 7.47. The molecule has 1 aliphatic carbocycles. The maximum Gasteiger partial charge on any atom is 0.227 e. The van der Waals surface area contributed by atoms with Gasteiger partial charge in [0.05, 0.1) is 25.2 Å². The van der Waals surface area contributed by atoms with Crippen LogP contribution in [0.1, 0.15) is 30.4 Å². The summed E-state index contributed by atoms with van der Waals surface area (Å²) >= 11 is 0. The summed E-state index contributed by atoms with van der Waals surface area (Å²) in [6.07, 6.45) is 4.05. The van der Waals surface area contributed by atoms with Crippen LogP contribution in [0.3, 0.4) is 0 Å². The third kappa shape index (κ3) is 2.58. The van der Waals surface area contributed by atoms with Crippen molar-refractivity contribution in [1.82, 2.24) is 4.90 Å². The Kier molecular flexibility index (Phi) is 4.03. The number of ether oxygens (including phenoxy) is 1. The van der Waals surface area contributed by atoms with E-state index in [0.717, 1.165) is 30.5 Å². The van der Waals surface area contributed by atoms with Crippen LogP contribution in [-0.4, -0.2) is 36.1 Å². The third-order valence-electron chi connectivity index (χ3n) is 4.48. The Balaban J connectivity index is 1.72. The van der Waals surface area contributed by atoms with E-state index in [1.807, 2.05) is 29.2 Å². The normalized spacial score (nSPS) is 25.6. The summed E-state index contributed by atoms with van der Waals surface area (Å²) in [5, 5.41) is 0. The summed E-state index contributed by atoms with van der Waals surface area (Å²) in [5.41, 5.74) is 7.87. The molecule has 2 atom stereocenters. The monoisotopic (exact) mass is 274 g/mol. The molecule has 1 amide bonds. The van der Waals surface area contributed by atoms with Gasteiger partial charge in [-0.05, 0) is 30.4 Å². The van der Waals surface area contributed by atoms with Gasteiger partial charge in [-0.2, -0.15) is 0 Å². The lowest BCUT2D eigenvalue weighted by atomic mass is 10.0. The second kappa shape index (κ2) is 5.94. The first-order chi connectivity index (χ1) is 9.79. The second-order valence-corrected chi connectivity index (χ2v) is 5.64. The average Bonchev–Trinajstić information content (AvgIpc) is 2.96. The van der Waals surface area contributed by atoms with E-state index in [4.69, 9.17) is 10.5 Å². The van der Waals surface area contributed by atoms with Crippen molar-refractivity contribution in [3.8, 4) is 0 Å². The van der Waals surface area contributed by atoms with Crippen molar-refractivity contribution >= 4 is 5.91 Å². The van der Waals surface area contributed by atoms with Crippen LogP contribution in [0, 0.1) is 0 Å². The van der Waals surface area contributed by atoms with Gasteiger partial charge in [0.2, 0.25) is 5.91 Å². The molecule has 1 saturated carbocycles. The van der Waals surface area contributed by atoms with Crippen molar-refractivity contribution in [3.05, 3.63) is 35.4 Å². The molecule has 2 unspecified atom stereocenters. The molecule has 1 aliphatic heterocycles. The fourth-order valence-electron chi connectivity index (χ4n) is 3.43. The van der Waals surface area contributed by atoms with Crippen LogP contribution in [0.15, 0.2) is 24.3 Å². The Bertz CT molecular complexity index is 489. The van der Waals surface area contributed by atoms with E-state index in [1.165, 1.54) is 6.42 Å². The van der Waals surface area contributed by atoms with Crippen LogP contribution in [0.4, 0.5) is 0 Å². The molecule has 2 N–H and O–H groups in total. The summed E-state index contributed by atoms with van der Waals surface area (Å²) in [6, 6.07) is 8.24. The second-order valence-electron chi connectivity index (χ2n) is 5.64. The third-order valence-corrected chi connectivity index (χ3v) is 4.48. The predicted octanol–water partition coefficient (Wildman–Crippen LogP) is 1.47. The van der Waals surface area contributed by atoms with Gasteiger partial charge in [0, 0.05) is 13.1 Å². The van der Waals surface area contributed by atoms with Gasteiger partial charge >= 0.3 is 0 Å². The molecule has 3 rings (SSSR count). The van der Waals surface area contributed by atoms with E-state index in [1.54, 1.807) is 0 Å². The number of rotatable bonds is 3. The minimum atomic E-state index is 0.214. The van der Waals surface area contributed by atoms with Crippen molar-refractivity contribution in [2.45, 2.75) is 44.4 Å². The highest BCUT2D eigenvalue weighted by Crippen LogP contribution is 2.30. The maximum atomic E-state index is 12.6. The lowest BCUT2D eigenvalue weighted by Gasteiger charge is -2.37. The van der Waals surface area contributed by atoms with Gasteiger partial charge in [0.25, 0.3) is 0 Å². The fraction of sp³-hybridized carbons (Fsp3) is 0.562. The quantitative estimate of drug-likeness (QED) is 0.908. The zero-order valence-corrected chi connectivity index (χ0v) is 11.8. The van der Waals surface area contributed by atoms with Crippen molar-refractivity contribution in [2.75, 3.05) is 13.2 Å². The highest BCUT2D eigenvalue weighted by molar-refractivity contribution is 5.79. The van der Waals surface area contributed by atoms with Crippen LogP contribution in [0.2, 0.25) is 0 Å². The molecule has 0 spiro atoms. The minimum absolute atomic E-state index is 0.214. The van der Waals surface area contributed by atoms with Crippen molar-refractivity contribution in [3.63, 3.8) is 0 Å². The topological polar surface area (TPSA) is 55.6 Å². The van der Waals surface area contributed by atoms with Crippen LogP contribution < -0.4 is 5.73 Å². The van der Waals surface area contributed by atoms with E-state index < -0.39 is 0 Å². The Morgan fingerprint density at radius 1 is 1.30 bits per heavy atom. The summed E-state index contributed by atoms with van der Waals surface area (Å²) < 4.78 is 5.76. The summed E-state index contributed by atoms with van der Waals surface area (Å²) in [7, 11) is 0. The van der Waals surface area contributed by atoms with Crippen LogP contribution >= 0.6 is 0 Å². The highest BCUT2D eigenvalue weighted by atomic mass is 16.5. The molecule has 0 radical (unpaired) electrons. The molecule has 1 aromatic carbocycles. The summed E-state index contributed by atoms with van der Waals surface area (Å²) in [6.45, 7) is 1.88. The number of carbonyl (C=O) groups is 1. The number of benzene rings is 1. The standard InChI is InChI=1S/C16H22N2O2/c17-11-13-5-2-1-4-12(13)10-16(19)18-8-9-20-15-7-3-6-14(15)18/h1-2,4-5,14-15H,3,6-11,17H2. The number of amides is 1. The van der Waals surface area contributed by atoms with Gasteiger partial charge in [-0.15, -0.1) is 0 Å². The number of carbonyl (C=O) groups excluding carboxylic acids is 1. The van der Waals surface area contributed by atoms with E-state index in [2.05, 4.69) is 0 Å². The van der Waals surface area contributed by atoms with Crippen molar-refractivity contribution in [2.24, 2.45) is 5.73 Å². The van der Waals surface area contributed by atoms with Gasteiger partial charge < -0.3 is 15.4 Å². The SMILES string of the molecule is NCc1ccccc1CC(=O)N1CCOC2CCCC21. The summed E-state index contributed by atoms with van der Waals surface area (Å²) in [5.74, 6) is 0.214. The molecule has 4 heteroatoms. The number of fused-ring (bicyclic) bond motifs is 1. The molecule has 2 fully saturated rings. The zero-order valence-electron chi connectivity index (χ0n) is 11.8. The molecule has 2 aliphatic rings. The van der Waals surface area contributed by atoms with Gasteiger partial charge in [-0.1, -0.05) is 24.3 Å². The zero-order chi connectivity index (χ0) is 13.9. The lowest BCUT2D eigenvalue weighted by molar-refractivity contribution is -0.143. The number of nitrogens with zero attached hydrogens (tertiary/aromatic N) is 1. The van der Waals surface area contributed by atoms with Crippen LogP contribution in [0.5, 0.6) is 0 Å². The number of nitrogens with two attached hydrogens (primary N) is 1. The maximum absolute atomic E-state index is 12.6. The van der Waals surface area contributed by atoms with Crippen molar-refractivity contribution < 1.29 is 9.53 Å². The Hall–Kier alpha value is -1.39. The molecule has 1 aromatic rings. The molecule has 0 aromatic heterocycles. The number of hydrogen-bond acceptors (Lipinski definition) is 3. The predicted molar refractivity (Wildman–Crippen MR) is 77.1 cm³/mol. The van der Waals surface area contributed by atoms with E-state index in [9.17, 15) is 4.79 Å². The largest absolute Gasteiger partial charge is 0.374 e. The highest BCUT2D eigenvalue weighted by Gasteiger charge is 2.38. The fourth-order valence-corrected chi connectivity index (χ4v) is 3.43. The molecule has 1 saturated heterocycles. The van der Waals surface area contributed by atoms with Crippen molar-refractivity contribution in [1.29, 1.82) is 0 Å². The number of hydrogen-bond donors (Lipinski definition) is 1. The van der Waals surface area contributed by atoms with E-state index >= 15 is 0 Å². The molecule has 20 heavy (non-hydrogen) atoms. The molecule has 4 nitrogen and oxygen atoms in total. The molecular formula is C16H22N2O2. The Morgan fingerprint density at radius 2 is 2.10 bits per heavy atom. The summed E-state index contributed by atoms with van der Waals surface area (Å²) in [4.78, 5) is 14.6.